The van der Waals surface area contributed by atoms with Crippen molar-refractivity contribution in [2.75, 3.05) is 26.2 Å². The third-order valence-electron chi connectivity index (χ3n) is 4.14. The Kier molecular flexibility index (Phi) is 4.87. The van der Waals surface area contributed by atoms with E-state index in [2.05, 4.69) is 5.32 Å². The third-order valence-corrected chi connectivity index (χ3v) is 6.06. The summed E-state index contributed by atoms with van der Waals surface area (Å²) in [5.74, 6) is 0.900. The average Bonchev–Trinajstić information content (AvgIpc) is 3.25. The summed E-state index contributed by atoms with van der Waals surface area (Å²) in [7, 11) is -3.37. The molecule has 0 bridgehead atoms. The summed E-state index contributed by atoms with van der Waals surface area (Å²) < 4.78 is 31.8. The minimum absolute atomic E-state index is 0.0978. The Morgan fingerprint density at radius 1 is 1.17 bits per heavy atom. The Bertz CT molecular complexity index is 647. The molecule has 1 aromatic carbocycles. The highest BCUT2D eigenvalue weighted by Gasteiger charge is 2.29. The molecule has 0 atom stereocenters. The fourth-order valence-electron chi connectivity index (χ4n) is 2.62. The molecular weight excluding hydrogens is 316 g/mol. The Morgan fingerprint density at radius 2 is 1.83 bits per heavy atom. The molecule has 0 unspecified atom stereocenters. The highest BCUT2D eigenvalue weighted by molar-refractivity contribution is 7.89. The second-order valence-electron chi connectivity index (χ2n) is 6.00. The van der Waals surface area contributed by atoms with Gasteiger partial charge in [-0.25, -0.2) is 8.42 Å². The van der Waals surface area contributed by atoms with Crippen LogP contribution in [0.2, 0.25) is 0 Å². The Labute approximate surface area is 136 Å². The van der Waals surface area contributed by atoms with Crippen LogP contribution in [0.15, 0.2) is 29.2 Å². The molecule has 1 amide bonds. The lowest BCUT2D eigenvalue weighted by atomic mass is 10.3. The van der Waals surface area contributed by atoms with Gasteiger partial charge in [-0.15, -0.1) is 0 Å². The van der Waals surface area contributed by atoms with Gasteiger partial charge in [-0.3, -0.25) is 4.79 Å². The molecule has 1 N–H and O–H groups in total. The number of carbonyl (C=O) groups excluding carboxylic acids is 1. The molecule has 2 fully saturated rings. The topological polar surface area (TPSA) is 75.7 Å². The van der Waals surface area contributed by atoms with E-state index in [-0.39, 0.29) is 11.8 Å². The molecule has 1 aromatic rings. The first-order valence-electron chi connectivity index (χ1n) is 8.08. The molecule has 0 aromatic heterocycles. The first-order chi connectivity index (χ1) is 11.1. The van der Waals surface area contributed by atoms with Crippen LogP contribution in [-0.2, 0) is 14.8 Å². The second kappa shape index (κ2) is 6.88. The summed E-state index contributed by atoms with van der Waals surface area (Å²) in [5, 5.41) is 2.82. The van der Waals surface area contributed by atoms with Gasteiger partial charge in [0.2, 0.25) is 15.9 Å². The van der Waals surface area contributed by atoms with Gasteiger partial charge in [0.1, 0.15) is 12.4 Å². The van der Waals surface area contributed by atoms with Crippen molar-refractivity contribution in [2.45, 2.75) is 30.6 Å². The second-order valence-corrected chi connectivity index (χ2v) is 7.93. The minimum atomic E-state index is -3.37. The summed E-state index contributed by atoms with van der Waals surface area (Å²) >= 11 is 0. The van der Waals surface area contributed by atoms with Gasteiger partial charge in [-0.1, -0.05) is 0 Å². The van der Waals surface area contributed by atoms with Crippen LogP contribution < -0.4 is 10.1 Å². The molecular formula is C16H22N2O4S. The van der Waals surface area contributed by atoms with Gasteiger partial charge in [-0.2, -0.15) is 4.31 Å². The molecule has 0 radical (unpaired) electrons. The molecule has 0 spiro atoms. The van der Waals surface area contributed by atoms with Gasteiger partial charge >= 0.3 is 0 Å². The molecule has 1 aliphatic carbocycles. The monoisotopic (exact) mass is 338 g/mol. The lowest BCUT2D eigenvalue weighted by Gasteiger charge is -2.15. The smallest absolute Gasteiger partial charge is 0.243 e. The largest absolute Gasteiger partial charge is 0.492 e. The van der Waals surface area contributed by atoms with Gasteiger partial charge in [0.25, 0.3) is 0 Å². The molecule has 2 aliphatic rings. The highest BCUT2D eigenvalue weighted by atomic mass is 32.2. The number of rotatable bonds is 7. The SMILES string of the molecule is O=C(NCCOc1ccc(S(=O)(=O)N2CCCC2)cc1)C1CC1. The number of hydrogen-bond acceptors (Lipinski definition) is 4. The first kappa shape index (κ1) is 16.3. The highest BCUT2D eigenvalue weighted by Crippen LogP contribution is 2.28. The zero-order valence-corrected chi connectivity index (χ0v) is 13.8. The summed E-state index contributed by atoms with van der Waals surface area (Å²) in [6, 6.07) is 6.47. The van der Waals surface area contributed by atoms with Crippen LogP contribution >= 0.6 is 0 Å². The Morgan fingerprint density at radius 3 is 2.43 bits per heavy atom. The minimum Gasteiger partial charge on any atom is -0.492 e. The van der Waals surface area contributed by atoms with E-state index in [0.29, 0.717) is 36.9 Å². The molecule has 23 heavy (non-hydrogen) atoms. The fraction of sp³-hybridized carbons (Fsp3) is 0.562. The van der Waals surface area contributed by atoms with Gasteiger partial charge in [0, 0.05) is 19.0 Å². The van der Waals surface area contributed by atoms with Gasteiger partial charge in [0.05, 0.1) is 11.4 Å². The normalized spacial score (nSPS) is 18.8. The van der Waals surface area contributed by atoms with E-state index in [1.807, 2.05) is 0 Å². The van der Waals surface area contributed by atoms with E-state index in [4.69, 9.17) is 4.74 Å². The van der Waals surface area contributed by atoms with Gasteiger partial charge in [-0.05, 0) is 49.9 Å². The van der Waals surface area contributed by atoms with Crippen molar-refractivity contribution >= 4 is 15.9 Å². The van der Waals surface area contributed by atoms with Crippen LogP contribution in [0.4, 0.5) is 0 Å². The van der Waals surface area contributed by atoms with Crippen LogP contribution in [0.25, 0.3) is 0 Å². The fourth-order valence-corrected chi connectivity index (χ4v) is 4.14. The van der Waals surface area contributed by atoms with Gasteiger partial charge < -0.3 is 10.1 Å². The number of carbonyl (C=O) groups is 1. The maximum Gasteiger partial charge on any atom is 0.243 e. The summed E-state index contributed by atoms with van der Waals surface area (Å²) in [6.07, 6.45) is 3.82. The van der Waals surface area contributed by atoms with Gasteiger partial charge in [0.15, 0.2) is 0 Å². The van der Waals surface area contributed by atoms with E-state index in [1.165, 1.54) is 4.31 Å². The summed E-state index contributed by atoms with van der Waals surface area (Å²) in [6.45, 7) is 2.03. The summed E-state index contributed by atoms with van der Waals surface area (Å²) in [4.78, 5) is 11.8. The summed E-state index contributed by atoms with van der Waals surface area (Å²) in [5.41, 5.74) is 0. The average molecular weight is 338 g/mol. The van der Waals surface area contributed by atoms with Crippen LogP contribution in [0.3, 0.4) is 0 Å². The van der Waals surface area contributed by atoms with Crippen molar-refractivity contribution in [1.82, 2.24) is 9.62 Å². The van der Waals surface area contributed by atoms with E-state index < -0.39 is 10.0 Å². The van der Waals surface area contributed by atoms with Crippen LogP contribution in [0.1, 0.15) is 25.7 Å². The zero-order valence-electron chi connectivity index (χ0n) is 13.0. The van der Waals surface area contributed by atoms with Crippen LogP contribution in [0, 0.1) is 5.92 Å². The number of nitrogens with zero attached hydrogens (tertiary/aromatic N) is 1. The molecule has 3 rings (SSSR count). The van der Waals surface area contributed by atoms with Crippen molar-refractivity contribution in [3.05, 3.63) is 24.3 Å². The molecule has 1 heterocycles. The quantitative estimate of drug-likeness (QED) is 0.762. The van der Waals surface area contributed by atoms with E-state index in [0.717, 1.165) is 25.7 Å². The van der Waals surface area contributed by atoms with Crippen molar-refractivity contribution in [3.8, 4) is 5.75 Å². The number of hydrogen-bond donors (Lipinski definition) is 1. The van der Waals surface area contributed by atoms with Crippen molar-refractivity contribution in [3.63, 3.8) is 0 Å². The van der Waals surface area contributed by atoms with Crippen LogP contribution in [-0.4, -0.2) is 44.9 Å². The zero-order chi connectivity index (χ0) is 16.3. The van der Waals surface area contributed by atoms with Crippen molar-refractivity contribution in [1.29, 1.82) is 0 Å². The van der Waals surface area contributed by atoms with E-state index in [9.17, 15) is 13.2 Å². The van der Waals surface area contributed by atoms with E-state index >= 15 is 0 Å². The van der Waals surface area contributed by atoms with Crippen molar-refractivity contribution in [2.24, 2.45) is 5.92 Å². The predicted octanol–water partition coefficient (Wildman–Crippen LogP) is 1.38. The van der Waals surface area contributed by atoms with Crippen molar-refractivity contribution < 1.29 is 17.9 Å². The molecule has 1 aliphatic heterocycles. The maximum atomic E-state index is 12.4. The third kappa shape index (κ3) is 4.03. The molecule has 6 nitrogen and oxygen atoms in total. The van der Waals surface area contributed by atoms with E-state index in [1.54, 1.807) is 24.3 Å². The molecule has 1 saturated carbocycles. The Balaban J connectivity index is 1.49. The number of sulfonamides is 1. The predicted molar refractivity (Wildman–Crippen MR) is 85.7 cm³/mol. The lowest BCUT2D eigenvalue weighted by molar-refractivity contribution is -0.122. The number of ether oxygens (including phenoxy) is 1. The standard InChI is InChI=1S/C16H22N2O4S/c19-16(13-3-4-13)17-9-12-22-14-5-7-15(8-6-14)23(20,21)18-10-1-2-11-18/h5-8,13H,1-4,9-12H2,(H,17,19). The number of amides is 1. The van der Waals surface area contributed by atoms with Crippen LogP contribution in [0.5, 0.6) is 5.75 Å². The number of nitrogens with one attached hydrogen (secondary N) is 1. The molecule has 7 heteroatoms. The molecule has 126 valence electrons. The lowest BCUT2D eigenvalue weighted by Crippen LogP contribution is -2.29. The molecule has 1 saturated heterocycles. The maximum absolute atomic E-state index is 12.4. The number of benzene rings is 1. The Hall–Kier alpha value is -1.60. The first-order valence-corrected chi connectivity index (χ1v) is 9.52.